The van der Waals surface area contributed by atoms with E-state index in [1.807, 2.05) is 31.2 Å². The van der Waals surface area contributed by atoms with Gasteiger partial charge >= 0.3 is 0 Å². The Morgan fingerprint density at radius 1 is 1.30 bits per heavy atom. The number of nitrogens with zero attached hydrogens (tertiary/aromatic N) is 1. The number of hydrogen-bond acceptors (Lipinski definition) is 2. The molecule has 0 bridgehead atoms. The number of anilines is 1. The van der Waals surface area contributed by atoms with Crippen LogP contribution in [0.1, 0.15) is 22.8 Å². The Kier molecular flexibility index (Phi) is 2.93. The topological polar surface area (TPSA) is 40.5 Å². The van der Waals surface area contributed by atoms with E-state index in [4.69, 9.17) is 0 Å². The lowest BCUT2D eigenvalue weighted by molar-refractivity contribution is 0.0979. The van der Waals surface area contributed by atoms with Gasteiger partial charge in [0.15, 0.2) is 0 Å². The molecule has 3 rings (SSSR count). The first kappa shape index (κ1) is 12.7. The van der Waals surface area contributed by atoms with Gasteiger partial charge < -0.3 is 10.0 Å². The minimum atomic E-state index is -0.561. The maximum atomic E-state index is 13.0. The van der Waals surface area contributed by atoms with E-state index in [1.54, 1.807) is 4.90 Å². The summed E-state index contributed by atoms with van der Waals surface area (Å²) in [4.78, 5) is 14.3. The molecule has 2 aromatic rings. The summed E-state index contributed by atoms with van der Waals surface area (Å²) in [6, 6.07) is 11.2. The molecule has 1 heterocycles. The maximum Gasteiger partial charge on any atom is 0.262 e. The van der Waals surface area contributed by atoms with E-state index in [1.165, 1.54) is 12.1 Å². The molecule has 1 atom stereocenters. The predicted molar refractivity (Wildman–Crippen MR) is 74.5 cm³/mol. The van der Waals surface area contributed by atoms with E-state index in [9.17, 15) is 14.3 Å². The number of benzene rings is 2. The van der Waals surface area contributed by atoms with Crippen LogP contribution in [0.3, 0.4) is 0 Å². The maximum absolute atomic E-state index is 13.0. The minimum Gasteiger partial charge on any atom is -0.507 e. The molecule has 0 saturated carbocycles. The lowest BCUT2D eigenvalue weighted by Gasteiger charge is -2.23. The third-order valence-corrected chi connectivity index (χ3v) is 3.62. The van der Waals surface area contributed by atoms with Gasteiger partial charge in [0.05, 0.1) is 5.56 Å². The zero-order valence-corrected chi connectivity index (χ0v) is 11.0. The van der Waals surface area contributed by atoms with Crippen molar-refractivity contribution in [2.24, 2.45) is 0 Å². The zero-order valence-electron chi connectivity index (χ0n) is 11.0. The molecule has 0 fully saturated rings. The van der Waals surface area contributed by atoms with E-state index in [2.05, 4.69) is 0 Å². The van der Waals surface area contributed by atoms with Gasteiger partial charge in [0.1, 0.15) is 11.6 Å². The Morgan fingerprint density at radius 3 is 2.80 bits per heavy atom. The summed E-state index contributed by atoms with van der Waals surface area (Å²) in [5.74, 6) is -1.19. The van der Waals surface area contributed by atoms with Gasteiger partial charge in [-0.1, -0.05) is 18.2 Å². The van der Waals surface area contributed by atoms with Gasteiger partial charge in [-0.15, -0.1) is 0 Å². The van der Waals surface area contributed by atoms with E-state index in [0.717, 1.165) is 23.7 Å². The molecule has 102 valence electrons. The van der Waals surface area contributed by atoms with Crippen LogP contribution in [0.2, 0.25) is 0 Å². The molecule has 1 aliphatic heterocycles. The van der Waals surface area contributed by atoms with Crippen molar-refractivity contribution in [3.63, 3.8) is 0 Å². The molecule has 0 radical (unpaired) electrons. The van der Waals surface area contributed by atoms with Crippen LogP contribution in [0, 0.1) is 5.82 Å². The number of para-hydroxylation sites is 1. The summed E-state index contributed by atoms with van der Waals surface area (Å²) in [6.07, 6.45) is 0.782. The highest BCUT2D eigenvalue weighted by molar-refractivity contribution is 6.09. The quantitative estimate of drug-likeness (QED) is 0.865. The number of phenolic OH excluding ortho intramolecular Hbond substituents is 1. The van der Waals surface area contributed by atoms with Crippen molar-refractivity contribution in [2.45, 2.75) is 19.4 Å². The summed E-state index contributed by atoms with van der Waals surface area (Å²) in [6.45, 7) is 1.96. The summed E-state index contributed by atoms with van der Waals surface area (Å²) in [5, 5.41) is 9.77. The van der Waals surface area contributed by atoms with Gasteiger partial charge in [0.2, 0.25) is 0 Å². The smallest absolute Gasteiger partial charge is 0.262 e. The van der Waals surface area contributed by atoms with Gasteiger partial charge in [-0.2, -0.15) is 0 Å². The monoisotopic (exact) mass is 271 g/mol. The van der Waals surface area contributed by atoms with E-state index >= 15 is 0 Å². The van der Waals surface area contributed by atoms with Gasteiger partial charge in [-0.05, 0) is 37.1 Å². The molecule has 0 saturated heterocycles. The fraction of sp³-hybridized carbons (Fsp3) is 0.188. The highest BCUT2D eigenvalue weighted by Crippen LogP contribution is 2.34. The van der Waals surface area contributed by atoms with Crippen molar-refractivity contribution < 1.29 is 14.3 Å². The largest absolute Gasteiger partial charge is 0.507 e. The number of hydrogen-bond donors (Lipinski definition) is 1. The molecule has 3 nitrogen and oxygen atoms in total. The molecule has 0 aromatic heterocycles. The van der Waals surface area contributed by atoms with Gasteiger partial charge in [0.25, 0.3) is 5.91 Å². The fourth-order valence-corrected chi connectivity index (χ4v) is 2.69. The second-order valence-electron chi connectivity index (χ2n) is 5.02. The van der Waals surface area contributed by atoms with Crippen LogP contribution in [0.25, 0.3) is 0 Å². The highest BCUT2D eigenvalue weighted by atomic mass is 19.1. The number of amides is 1. The van der Waals surface area contributed by atoms with E-state index < -0.39 is 5.82 Å². The number of rotatable bonds is 1. The van der Waals surface area contributed by atoms with Crippen molar-refractivity contribution in [1.82, 2.24) is 0 Å². The lowest BCUT2D eigenvalue weighted by atomic mass is 10.1. The minimum absolute atomic E-state index is 0.0179. The number of carbonyl (C=O) groups excluding carboxylic acids is 1. The van der Waals surface area contributed by atoms with Crippen LogP contribution in [-0.2, 0) is 6.42 Å². The lowest BCUT2D eigenvalue weighted by Crippen LogP contribution is -2.35. The standard InChI is InChI=1S/C16H14FNO2/c1-10-8-11-4-2-3-5-14(11)18(10)16(20)13-7-6-12(17)9-15(13)19/h2-7,9-10,19H,8H2,1H3. The summed E-state index contributed by atoms with van der Waals surface area (Å²) >= 11 is 0. The number of fused-ring (bicyclic) bond motifs is 1. The Balaban J connectivity index is 2.03. The van der Waals surface area contributed by atoms with E-state index in [0.29, 0.717) is 0 Å². The number of carbonyl (C=O) groups is 1. The van der Waals surface area contributed by atoms with Crippen LogP contribution in [0.5, 0.6) is 5.75 Å². The third-order valence-electron chi connectivity index (χ3n) is 3.62. The fourth-order valence-electron chi connectivity index (χ4n) is 2.69. The Hall–Kier alpha value is -2.36. The first-order chi connectivity index (χ1) is 9.58. The molecule has 4 heteroatoms. The number of aromatic hydroxyl groups is 1. The summed E-state index contributed by atoms with van der Waals surface area (Å²) in [7, 11) is 0. The molecular formula is C16H14FNO2. The molecule has 1 N–H and O–H groups in total. The predicted octanol–water partition coefficient (Wildman–Crippen LogP) is 3.12. The average Bonchev–Trinajstić information content (AvgIpc) is 2.73. The molecule has 2 aromatic carbocycles. The summed E-state index contributed by atoms with van der Waals surface area (Å²) < 4.78 is 13.0. The molecule has 20 heavy (non-hydrogen) atoms. The number of phenols is 1. The second kappa shape index (κ2) is 4.63. The SMILES string of the molecule is CC1Cc2ccccc2N1C(=O)c1ccc(F)cc1O. The van der Waals surface area contributed by atoms with Crippen LogP contribution in [0.4, 0.5) is 10.1 Å². The van der Waals surface area contributed by atoms with Crippen molar-refractivity contribution in [3.8, 4) is 5.75 Å². The van der Waals surface area contributed by atoms with Crippen molar-refractivity contribution in [1.29, 1.82) is 0 Å². The van der Waals surface area contributed by atoms with Crippen LogP contribution in [-0.4, -0.2) is 17.1 Å². The highest BCUT2D eigenvalue weighted by Gasteiger charge is 2.32. The third kappa shape index (κ3) is 1.93. The molecule has 1 amide bonds. The Bertz CT molecular complexity index is 684. The average molecular weight is 271 g/mol. The van der Waals surface area contributed by atoms with E-state index in [-0.39, 0.29) is 23.3 Å². The Labute approximate surface area is 116 Å². The number of halogens is 1. The van der Waals surface area contributed by atoms with Crippen molar-refractivity contribution >= 4 is 11.6 Å². The zero-order chi connectivity index (χ0) is 14.3. The molecular weight excluding hydrogens is 257 g/mol. The van der Waals surface area contributed by atoms with Crippen molar-refractivity contribution in [3.05, 3.63) is 59.4 Å². The molecule has 0 spiro atoms. The second-order valence-corrected chi connectivity index (χ2v) is 5.02. The first-order valence-corrected chi connectivity index (χ1v) is 6.48. The molecule has 1 unspecified atom stereocenters. The molecule has 1 aliphatic rings. The van der Waals surface area contributed by atoms with Crippen LogP contribution >= 0.6 is 0 Å². The van der Waals surface area contributed by atoms with Gasteiger partial charge in [-0.3, -0.25) is 4.79 Å². The Morgan fingerprint density at radius 2 is 2.05 bits per heavy atom. The van der Waals surface area contributed by atoms with Gasteiger partial charge in [-0.25, -0.2) is 4.39 Å². The molecule has 0 aliphatic carbocycles. The summed E-state index contributed by atoms with van der Waals surface area (Å²) in [5.41, 5.74) is 2.08. The van der Waals surface area contributed by atoms with Crippen LogP contribution < -0.4 is 4.90 Å². The normalized spacial score (nSPS) is 17.1. The van der Waals surface area contributed by atoms with Crippen molar-refractivity contribution in [2.75, 3.05) is 4.90 Å². The first-order valence-electron chi connectivity index (χ1n) is 6.48. The van der Waals surface area contributed by atoms with Gasteiger partial charge in [0, 0.05) is 17.8 Å². The van der Waals surface area contributed by atoms with Crippen LogP contribution in [0.15, 0.2) is 42.5 Å².